The summed E-state index contributed by atoms with van der Waals surface area (Å²) in [5.41, 5.74) is 1.72. The van der Waals surface area contributed by atoms with Gasteiger partial charge in [0.25, 0.3) is 0 Å². The summed E-state index contributed by atoms with van der Waals surface area (Å²) in [4.78, 5) is 11.3. The third-order valence-electron chi connectivity index (χ3n) is 2.50. The Labute approximate surface area is 117 Å². The molecule has 0 heterocycles. The van der Waals surface area contributed by atoms with Crippen LogP contribution in [0.5, 0.6) is 11.5 Å². The Hall–Kier alpha value is -2.00. The maximum absolute atomic E-state index is 11.3. The number of benzene rings is 2. The molecule has 3 nitrogen and oxygen atoms in total. The number of nitrogens with one attached hydrogen (secondary N) is 1. The third-order valence-corrected chi connectivity index (χ3v) is 2.74. The van der Waals surface area contributed by atoms with Crippen LogP contribution in [-0.2, 0) is 4.79 Å². The van der Waals surface area contributed by atoms with Gasteiger partial charge in [-0.1, -0.05) is 24.3 Å². The van der Waals surface area contributed by atoms with E-state index >= 15 is 0 Å². The zero-order chi connectivity index (χ0) is 13.7. The van der Waals surface area contributed by atoms with Gasteiger partial charge in [0, 0.05) is 0 Å². The fraction of sp³-hybridized carbons (Fsp3) is 0.133. The van der Waals surface area contributed by atoms with E-state index < -0.39 is 0 Å². The van der Waals surface area contributed by atoms with Crippen LogP contribution in [0, 0.1) is 6.92 Å². The molecule has 1 N–H and O–H groups in total. The topological polar surface area (TPSA) is 38.3 Å². The summed E-state index contributed by atoms with van der Waals surface area (Å²) in [7, 11) is 0. The summed E-state index contributed by atoms with van der Waals surface area (Å²) in [5.74, 6) is 0.972. The molecule has 0 bridgehead atoms. The van der Waals surface area contributed by atoms with E-state index in [1.165, 1.54) is 0 Å². The summed E-state index contributed by atoms with van der Waals surface area (Å²) in [6.07, 6.45) is 0. The lowest BCUT2D eigenvalue weighted by molar-refractivity contribution is -0.113. The molecule has 0 atom stereocenters. The molecule has 0 aliphatic rings. The molecule has 19 heavy (non-hydrogen) atoms. The molecule has 0 unspecified atom stereocenters. The minimum atomic E-state index is -0.262. The lowest BCUT2D eigenvalue weighted by atomic mass is 10.2. The Morgan fingerprint density at radius 1 is 1.21 bits per heavy atom. The molecule has 0 radical (unpaired) electrons. The Kier molecular flexibility index (Phi) is 4.42. The molecule has 98 valence electrons. The van der Waals surface area contributed by atoms with Gasteiger partial charge >= 0.3 is 0 Å². The van der Waals surface area contributed by atoms with E-state index in [2.05, 4.69) is 5.32 Å². The van der Waals surface area contributed by atoms with E-state index in [9.17, 15) is 4.79 Å². The van der Waals surface area contributed by atoms with Crippen molar-refractivity contribution in [3.05, 3.63) is 54.1 Å². The number of alkyl halides is 1. The lowest BCUT2D eigenvalue weighted by Gasteiger charge is -2.11. The van der Waals surface area contributed by atoms with E-state index in [0.717, 1.165) is 11.3 Å². The maximum atomic E-state index is 11.3. The largest absolute Gasteiger partial charge is 0.455 e. The highest BCUT2D eigenvalue weighted by molar-refractivity contribution is 6.29. The molecule has 1 amide bonds. The van der Waals surface area contributed by atoms with Crippen LogP contribution >= 0.6 is 11.6 Å². The molecule has 2 aromatic carbocycles. The molecule has 0 fully saturated rings. The Bertz CT molecular complexity index is 584. The summed E-state index contributed by atoms with van der Waals surface area (Å²) in [5, 5.41) is 2.70. The minimum Gasteiger partial charge on any atom is -0.455 e. The van der Waals surface area contributed by atoms with Crippen LogP contribution in [0.15, 0.2) is 48.5 Å². The normalized spacial score (nSPS) is 10.0. The first-order chi connectivity index (χ1) is 9.19. The van der Waals surface area contributed by atoms with Crippen LogP contribution in [0.4, 0.5) is 5.69 Å². The first kappa shape index (κ1) is 13.4. The molecule has 0 aliphatic carbocycles. The van der Waals surface area contributed by atoms with Gasteiger partial charge in [-0.2, -0.15) is 0 Å². The van der Waals surface area contributed by atoms with Gasteiger partial charge in [0.05, 0.1) is 5.69 Å². The van der Waals surface area contributed by atoms with Gasteiger partial charge in [0.1, 0.15) is 11.6 Å². The van der Waals surface area contributed by atoms with Gasteiger partial charge in [-0.3, -0.25) is 4.79 Å². The van der Waals surface area contributed by atoms with E-state index in [0.29, 0.717) is 11.4 Å². The highest BCUT2D eigenvalue weighted by atomic mass is 35.5. The van der Waals surface area contributed by atoms with Crippen molar-refractivity contribution < 1.29 is 9.53 Å². The Morgan fingerprint density at radius 2 is 2.00 bits per heavy atom. The zero-order valence-corrected chi connectivity index (χ0v) is 11.3. The monoisotopic (exact) mass is 275 g/mol. The van der Waals surface area contributed by atoms with Crippen LogP contribution in [0.3, 0.4) is 0 Å². The number of anilines is 1. The van der Waals surface area contributed by atoms with Crippen molar-refractivity contribution in [3.63, 3.8) is 0 Å². The summed E-state index contributed by atoms with van der Waals surface area (Å²) in [6, 6.07) is 15.0. The number of rotatable bonds is 4. The highest BCUT2D eigenvalue weighted by Crippen LogP contribution is 2.29. The highest BCUT2D eigenvalue weighted by Gasteiger charge is 2.07. The first-order valence-electron chi connectivity index (χ1n) is 5.88. The van der Waals surface area contributed by atoms with Crippen molar-refractivity contribution in [2.45, 2.75) is 6.92 Å². The number of para-hydroxylation sites is 2. The molecule has 0 aromatic heterocycles. The van der Waals surface area contributed by atoms with E-state index in [-0.39, 0.29) is 11.8 Å². The van der Waals surface area contributed by atoms with E-state index in [1.807, 2.05) is 43.3 Å². The number of ether oxygens (including phenoxy) is 1. The van der Waals surface area contributed by atoms with Crippen LogP contribution in [-0.4, -0.2) is 11.8 Å². The van der Waals surface area contributed by atoms with Crippen molar-refractivity contribution in [1.29, 1.82) is 0 Å². The molecule has 0 saturated carbocycles. The number of hydrogen-bond acceptors (Lipinski definition) is 2. The van der Waals surface area contributed by atoms with E-state index in [4.69, 9.17) is 16.3 Å². The van der Waals surface area contributed by atoms with Crippen LogP contribution in [0.1, 0.15) is 5.56 Å². The average Bonchev–Trinajstić information content (AvgIpc) is 2.41. The molecular formula is C15H14ClNO2. The van der Waals surface area contributed by atoms with Gasteiger partial charge in [-0.25, -0.2) is 0 Å². The van der Waals surface area contributed by atoms with Gasteiger partial charge in [0.15, 0.2) is 5.75 Å². The maximum Gasteiger partial charge on any atom is 0.239 e. The fourth-order valence-corrected chi connectivity index (χ4v) is 1.72. The lowest BCUT2D eigenvalue weighted by Crippen LogP contribution is -2.13. The first-order valence-corrected chi connectivity index (χ1v) is 6.42. The Balaban J connectivity index is 2.22. The van der Waals surface area contributed by atoms with Crippen molar-refractivity contribution in [1.82, 2.24) is 0 Å². The third kappa shape index (κ3) is 3.73. The van der Waals surface area contributed by atoms with E-state index in [1.54, 1.807) is 12.1 Å². The van der Waals surface area contributed by atoms with Gasteiger partial charge < -0.3 is 10.1 Å². The van der Waals surface area contributed by atoms with Gasteiger partial charge in [-0.15, -0.1) is 11.6 Å². The smallest absolute Gasteiger partial charge is 0.239 e. The molecule has 0 aliphatic heterocycles. The molecular weight excluding hydrogens is 262 g/mol. The van der Waals surface area contributed by atoms with Crippen molar-refractivity contribution >= 4 is 23.2 Å². The predicted octanol–water partition coefficient (Wildman–Crippen LogP) is 3.96. The number of aryl methyl sites for hydroxylation is 1. The number of carbonyl (C=O) groups excluding carboxylic acids is 1. The SMILES string of the molecule is Cc1cccc(Oc2ccccc2NC(=O)CCl)c1. The molecule has 2 aromatic rings. The summed E-state index contributed by atoms with van der Waals surface area (Å²) >= 11 is 5.48. The number of hydrogen-bond donors (Lipinski definition) is 1. The Morgan fingerprint density at radius 3 is 2.74 bits per heavy atom. The molecule has 2 rings (SSSR count). The quantitative estimate of drug-likeness (QED) is 0.858. The number of carbonyl (C=O) groups is 1. The van der Waals surface area contributed by atoms with Crippen molar-refractivity contribution in [2.24, 2.45) is 0 Å². The second kappa shape index (κ2) is 6.25. The minimum absolute atomic E-state index is 0.0845. The summed E-state index contributed by atoms with van der Waals surface area (Å²) in [6.45, 7) is 1.99. The van der Waals surface area contributed by atoms with Crippen LogP contribution in [0.2, 0.25) is 0 Å². The number of amides is 1. The predicted molar refractivity (Wildman–Crippen MR) is 77.0 cm³/mol. The van der Waals surface area contributed by atoms with Crippen LogP contribution in [0.25, 0.3) is 0 Å². The van der Waals surface area contributed by atoms with Gasteiger partial charge in [-0.05, 0) is 36.8 Å². The van der Waals surface area contributed by atoms with Crippen molar-refractivity contribution in [3.8, 4) is 11.5 Å². The molecule has 0 spiro atoms. The van der Waals surface area contributed by atoms with Gasteiger partial charge in [0.2, 0.25) is 5.91 Å². The second-order valence-corrected chi connectivity index (χ2v) is 4.36. The second-order valence-electron chi connectivity index (χ2n) is 4.10. The number of halogens is 1. The molecule has 0 saturated heterocycles. The summed E-state index contributed by atoms with van der Waals surface area (Å²) < 4.78 is 5.78. The fourth-order valence-electron chi connectivity index (χ4n) is 1.65. The molecule has 4 heteroatoms. The standard InChI is InChI=1S/C15H14ClNO2/c1-11-5-4-6-12(9-11)19-14-8-3-2-7-13(14)17-15(18)10-16/h2-9H,10H2,1H3,(H,17,18). The average molecular weight is 276 g/mol. The van der Waals surface area contributed by atoms with Crippen molar-refractivity contribution in [2.75, 3.05) is 11.2 Å². The van der Waals surface area contributed by atoms with Crippen LogP contribution < -0.4 is 10.1 Å². The zero-order valence-electron chi connectivity index (χ0n) is 10.5.